The summed E-state index contributed by atoms with van der Waals surface area (Å²) in [5, 5.41) is 0. The molecule has 3 aromatic rings. The molecule has 0 fully saturated rings. The number of hydrogen-bond donors (Lipinski definition) is 1. The molecule has 0 aliphatic carbocycles. The molecule has 1 aromatic carbocycles. The van der Waals surface area contributed by atoms with Gasteiger partial charge in [0.2, 0.25) is 0 Å². The Kier molecular flexibility index (Phi) is 18.2. The van der Waals surface area contributed by atoms with Crippen molar-refractivity contribution in [3.63, 3.8) is 0 Å². The normalized spacial score (nSPS) is 11.9. The minimum atomic E-state index is 1.04. The van der Waals surface area contributed by atoms with E-state index in [1.54, 1.807) is 6.20 Å². The van der Waals surface area contributed by atoms with Crippen molar-refractivity contribution in [3.8, 4) is 22.3 Å². The Balaban J connectivity index is 0.00000211. The molecule has 0 saturated carbocycles. The maximum absolute atomic E-state index is 4.53. The number of unbranched alkanes of at least 4 members (excludes halogenated alkanes) is 2. The van der Waals surface area contributed by atoms with Crippen LogP contribution in [0.5, 0.6) is 0 Å². The molecular formula is C39H49N3. The predicted octanol–water partition coefficient (Wildman–Crippen LogP) is 10.8. The number of allylic oxidation sites excluding steroid dienone is 11. The second-order valence-electron chi connectivity index (χ2n) is 8.99. The summed E-state index contributed by atoms with van der Waals surface area (Å²) in [5.41, 5.74) is 14.2. The number of nitrogens with two attached hydrogens (primary N) is 1. The van der Waals surface area contributed by atoms with E-state index in [0.717, 1.165) is 56.5 Å². The van der Waals surface area contributed by atoms with Gasteiger partial charge in [-0.2, -0.15) is 0 Å². The van der Waals surface area contributed by atoms with Crippen LogP contribution >= 0.6 is 0 Å². The van der Waals surface area contributed by atoms with Crippen LogP contribution in [-0.2, 0) is 0 Å². The number of pyridine rings is 2. The maximum Gasteiger partial charge on any atom is 0.0347 e. The van der Waals surface area contributed by atoms with Crippen molar-refractivity contribution in [1.29, 1.82) is 0 Å². The molecule has 2 N–H and O–H groups in total. The van der Waals surface area contributed by atoms with Gasteiger partial charge >= 0.3 is 0 Å². The molecule has 220 valence electrons. The molecule has 0 aliphatic heterocycles. The van der Waals surface area contributed by atoms with Crippen LogP contribution in [0.4, 0.5) is 0 Å². The molecule has 42 heavy (non-hydrogen) atoms. The highest BCUT2D eigenvalue weighted by molar-refractivity contribution is 5.83. The van der Waals surface area contributed by atoms with E-state index < -0.39 is 0 Å². The number of hydrogen-bond acceptors (Lipinski definition) is 3. The van der Waals surface area contributed by atoms with E-state index in [9.17, 15) is 0 Å². The van der Waals surface area contributed by atoms with Gasteiger partial charge in [-0.15, -0.1) is 0 Å². The first-order valence-electron chi connectivity index (χ1n) is 14.8. The summed E-state index contributed by atoms with van der Waals surface area (Å²) in [6.07, 6.45) is 29.8. The van der Waals surface area contributed by atoms with Gasteiger partial charge in [-0.1, -0.05) is 101 Å². The van der Waals surface area contributed by atoms with Crippen LogP contribution in [0.1, 0.15) is 65.0 Å². The fourth-order valence-corrected chi connectivity index (χ4v) is 4.17. The van der Waals surface area contributed by atoms with Gasteiger partial charge in [0.25, 0.3) is 0 Å². The number of rotatable bonds is 12. The van der Waals surface area contributed by atoms with Gasteiger partial charge in [-0.05, 0) is 97.1 Å². The third-order valence-electron chi connectivity index (χ3n) is 6.25. The van der Waals surface area contributed by atoms with E-state index in [4.69, 9.17) is 0 Å². The third-order valence-corrected chi connectivity index (χ3v) is 6.25. The molecular weight excluding hydrogens is 510 g/mol. The zero-order chi connectivity index (χ0) is 31.2. The fourth-order valence-electron chi connectivity index (χ4n) is 4.17. The van der Waals surface area contributed by atoms with Crippen LogP contribution in [0, 0.1) is 0 Å². The molecule has 0 spiro atoms. The lowest BCUT2D eigenvalue weighted by Crippen LogP contribution is -1.91. The molecule has 3 rings (SSSR count). The molecule has 0 saturated heterocycles. The Morgan fingerprint density at radius 3 is 2.19 bits per heavy atom. The van der Waals surface area contributed by atoms with Crippen LogP contribution in [0.3, 0.4) is 0 Å². The van der Waals surface area contributed by atoms with Crippen LogP contribution in [0.2, 0.25) is 0 Å². The first-order chi connectivity index (χ1) is 20.6. The highest BCUT2D eigenvalue weighted by Crippen LogP contribution is 2.31. The highest BCUT2D eigenvalue weighted by atomic mass is 14.6. The van der Waals surface area contributed by atoms with Crippen molar-refractivity contribution in [1.82, 2.24) is 9.97 Å². The van der Waals surface area contributed by atoms with E-state index in [0.29, 0.717) is 0 Å². The van der Waals surface area contributed by atoms with Gasteiger partial charge in [-0.25, -0.2) is 0 Å². The zero-order valence-corrected chi connectivity index (χ0v) is 26.5. The van der Waals surface area contributed by atoms with Gasteiger partial charge in [0.1, 0.15) is 0 Å². The van der Waals surface area contributed by atoms with Crippen molar-refractivity contribution in [2.75, 3.05) is 7.05 Å². The molecule has 0 radical (unpaired) electrons. The van der Waals surface area contributed by atoms with Crippen LogP contribution < -0.4 is 5.73 Å². The van der Waals surface area contributed by atoms with Crippen molar-refractivity contribution < 1.29 is 0 Å². The Bertz CT molecular complexity index is 1390. The maximum atomic E-state index is 4.53. The van der Waals surface area contributed by atoms with E-state index in [-0.39, 0.29) is 0 Å². The van der Waals surface area contributed by atoms with Crippen molar-refractivity contribution in [2.24, 2.45) is 5.73 Å². The van der Waals surface area contributed by atoms with Gasteiger partial charge in [0.05, 0.1) is 0 Å². The van der Waals surface area contributed by atoms with Gasteiger partial charge in [0, 0.05) is 41.5 Å². The summed E-state index contributed by atoms with van der Waals surface area (Å²) in [4.78, 5) is 8.79. The van der Waals surface area contributed by atoms with Crippen LogP contribution in [0.15, 0.2) is 134 Å². The molecule has 2 heterocycles. The predicted molar refractivity (Wildman–Crippen MR) is 188 cm³/mol. The lowest BCUT2D eigenvalue weighted by Gasteiger charge is -2.12. The summed E-state index contributed by atoms with van der Waals surface area (Å²) >= 11 is 0. The quantitative estimate of drug-likeness (QED) is 0.177. The largest absolute Gasteiger partial charge is 0.333 e. The zero-order valence-electron chi connectivity index (χ0n) is 26.5. The SMILES string of the molecule is C=CC(=C\C=C/CCCC)/C(=C/C)/C=C(\C=C\C)c1cc(C=C)cc(-c2cncc(-c3cccnc3)c2)c1.CC.CN. The van der Waals surface area contributed by atoms with Gasteiger partial charge in [-0.3, -0.25) is 9.97 Å². The number of nitrogens with zero attached hydrogens (tertiary/aromatic N) is 2. The lowest BCUT2D eigenvalue weighted by molar-refractivity contribution is 0.815. The molecule has 0 aliphatic rings. The van der Waals surface area contributed by atoms with E-state index >= 15 is 0 Å². The topological polar surface area (TPSA) is 51.8 Å². The summed E-state index contributed by atoms with van der Waals surface area (Å²) in [7, 11) is 1.50. The van der Waals surface area contributed by atoms with Crippen LogP contribution in [0.25, 0.3) is 33.9 Å². The minimum absolute atomic E-state index is 1.04. The third kappa shape index (κ3) is 11.3. The van der Waals surface area contributed by atoms with Crippen molar-refractivity contribution in [2.45, 2.75) is 53.9 Å². The fraction of sp³-hybridized carbons (Fsp3) is 0.231. The monoisotopic (exact) mass is 559 g/mol. The first-order valence-corrected chi connectivity index (χ1v) is 14.8. The van der Waals surface area contributed by atoms with Crippen molar-refractivity contribution in [3.05, 3.63) is 145 Å². The molecule has 0 unspecified atom stereocenters. The summed E-state index contributed by atoms with van der Waals surface area (Å²) in [5.74, 6) is 0. The molecule has 0 atom stereocenters. The average molecular weight is 560 g/mol. The molecule has 3 heteroatoms. The van der Waals surface area contributed by atoms with Gasteiger partial charge in [0.15, 0.2) is 0 Å². The molecule has 0 bridgehead atoms. The molecule has 0 amide bonds. The first kappa shape index (κ1) is 35.7. The minimum Gasteiger partial charge on any atom is -0.333 e. The van der Waals surface area contributed by atoms with E-state index in [2.05, 4.69) is 116 Å². The Hall–Kier alpha value is -4.34. The summed E-state index contributed by atoms with van der Waals surface area (Å²) in [6.45, 7) is 18.4. The van der Waals surface area contributed by atoms with E-state index in [1.165, 1.54) is 19.9 Å². The van der Waals surface area contributed by atoms with Gasteiger partial charge < -0.3 is 5.73 Å². The number of aromatic nitrogens is 2. The van der Waals surface area contributed by atoms with Crippen molar-refractivity contribution >= 4 is 11.6 Å². The van der Waals surface area contributed by atoms with Crippen LogP contribution in [-0.4, -0.2) is 17.0 Å². The average Bonchev–Trinajstić information content (AvgIpc) is 3.07. The Morgan fingerprint density at radius 2 is 1.60 bits per heavy atom. The molecule has 3 nitrogen and oxygen atoms in total. The Labute approximate surface area is 255 Å². The summed E-state index contributed by atoms with van der Waals surface area (Å²) < 4.78 is 0. The summed E-state index contributed by atoms with van der Waals surface area (Å²) in [6, 6.07) is 12.7. The Morgan fingerprint density at radius 1 is 0.881 bits per heavy atom. The van der Waals surface area contributed by atoms with E-state index in [1.807, 2.05) is 57.6 Å². The standard InChI is InChI=1S/C36H38N2.C2H6.CH5N/c1-6-11-12-13-14-17-29(9-4)30(10-5)22-31(16-7-2)33-20-28(8-3)21-34(23-33)36-24-35(26-38-27-36)32-18-15-19-37-25-32;2*1-2/h7-10,13-27H,3-4,6,11-12H2,1-2,5H3;1-2H3;2H2,1H3/b14-13-,16-7+,29-17+,30-10+,31-22+;;. The second-order valence-corrected chi connectivity index (χ2v) is 8.99. The number of benzene rings is 1. The molecule has 2 aromatic heterocycles. The second kappa shape index (κ2) is 21.4. The lowest BCUT2D eigenvalue weighted by atomic mass is 9.93. The highest BCUT2D eigenvalue weighted by Gasteiger charge is 2.09. The smallest absolute Gasteiger partial charge is 0.0347 e.